The van der Waals surface area contributed by atoms with Crippen molar-refractivity contribution in [3.8, 4) is 0 Å². The number of anilines is 1. The highest BCUT2D eigenvalue weighted by Gasteiger charge is 2.27. The van der Waals surface area contributed by atoms with Crippen LogP contribution in [0.15, 0.2) is 41.5 Å². The first-order valence-electron chi connectivity index (χ1n) is 8.31. The predicted molar refractivity (Wildman–Crippen MR) is 94.8 cm³/mol. The van der Waals surface area contributed by atoms with Gasteiger partial charge in [-0.05, 0) is 23.8 Å². The van der Waals surface area contributed by atoms with E-state index in [1.165, 1.54) is 0 Å². The van der Waals surface area contributed by atoms with E-state index >= 15 is 0 Å². The summed E-state index contributed by atoms with van der Waals surface area (Å²) in [6.45, 7) is 1.84. The first-order valence-corrected chi connectivity index (χ1v) is 8.31. The molecule has 1 unspecified atom stereocenters. The van der Waals surface area contributed by atoms with Gasteiger partial charge in [-0.3, -0.25) is 4.79 Å². The predicted octanol–water partition coefficient (Wildman–Crippen LogP) is 0.168. The number of aromatic amines is 2. The Morgan fingerprint density at radius 3 is 2.92 bits per heavy atom. The molecule has 0 bridgehead atoms. The lowest BCUT2D eigenvalue weighted by atomic mass is 10.2. The maximum absolute atomic E-state index is 12.4. The highest BCUT2D eigenvalue weighted by atomic mass is 16.5. The summed E-state index contributed by atoms with van der Waals surface area (Å²) in [5.74, 6) is 0.406. The molecule has 1 fully saturated rings. The average molecular weight is 354 g/mol. The number of nitrogens with zero attached hydrogens (tertiary/aromatic N) is 3. The van der Waals surface area contributed by atoms with Crippen molar-refractivity contribution in [1.29, 1.82) is 0 Å². The molecule has 9 nitrogen and oxygen atoms in total. The summed E-state index contributed by atoms with van der Waals surface area (Å²) in [5.41, 5.74) is 2.09. The fraction of sp³-hybridized carbons (Fsp3) is 0.294. The molecular formula is C17H18N6O3. The third-order valence-electron chi connectivity index (χ3n) is 4.24. The summed E-state index contributed by atoms with van der Waals surface area (Å²) in [5, 5.41) is 2.88. The fourth-order valence-electron chi connectivity index (χ4n) is 2.94. The third kappa shape index (κ3) is 3.42. The monoisotopic (exact) mass is 354 g/mol. The van der Waals surface area contributed by atoms with Crippen molar-refractivity contribution in [2.45, 2.75) is 12.6 Å². The van der Waals surface area contributed by atoms with Gasteiger partial charge < -0.3 is 24.9 Å². The minimum absolute atomic E-state index is 0.187. The van der Waals surface area contributed by atoms with Gasteiger partial charge in [0.1, 0.15) is 0 Å². The van der Waals surface area contributed by atoms with Crippen LogP contribution in [0.4, 0.5) is 5.95 Å². The summed E-state index contributed by atoms with van der Waals surface area (Å²) in [7, 11) is 0. The highest BCUT2D eigenvalue weighted by Crippen LogP contribution is 2.13. The van der Waals surface area contributed by atoms with Crippen LogP contribution in [0.3, 0.4) is 0 Å². The molecule has 3 heterocycles. The summed E-state index contributed by atoms with van der Waals surface area (Å²) in [4.78, 5) is 39.5. The first-order chi connectivity index (χ1) is 12.7. The Kier molecular flexibility index (Phi) is 4.36. The number of fused-ring (bicyclic) bond motifs is 1. The van der Waals surface area contributed by atoms with Gasteiger partial charge >= 0.3 is 5.69 Å². The van der Waals surface area contributed by atoms with Crippen LogP contribution in [0.25, 0.3) is 11.0 Å². The molecule has 9 heteroatoms. The lowest BCUT2D eigenvalue weighted by molar-refractivity contribution is -0.133. The molecule has 1 aliphatic heterocycles. The summed E-state index contributed by atoms with van der Waals surface area (Å²) < 4.78 is 5.59. The Labute approximate surface area is 148 Å². The molecule has 0 radical (unpaired) electrons. The molecule has 0 aliphatic carbocycles. The zero-order valence-electron chi connectivity index (χ0n) is 13.9. The number of ether oxygens (including phenoxy) is 1. The lowest BCUT2D eigenvalue weighted by Gasteiger charge is -2.32. The number of hydrogen-bond acceptors (Lipinski definition) is 6. The molecule has 134 valence electrons. The van der Waals surface area contributed by atoms with Gasteiger partial charge in [0.15, 0.2) is 6.10 Å². The second-order valence-electron chi connectivity index (χ2n) is 6.03. The minimum atomic E-state index is -0.580. The number of rotatable bonds is 4. The molecule has 1 amide bonds. The zero-order chi connectivity index (χ0) is 17.9. The Balaban J connectivity index is 1.38. The molecule has 3 N–H and O–H groups in total. The molecule has 1 aromatic carbocycles. The second kappa shape index (κ2) is 6.96. The number of H-pyrrole nitrogens is 2. The minimum Gasteiger partial charge on any atom is -0.365 e. The lowest BCUT2D eigenvalue weighted by Crippen LogP contribution is -2.50. The number of carbonyl (C=O) groups is 1. The number of carbonyl (C=O) groups excluding carboxylic acids is 1. The highest BCUT2D eigenvalue weighted by molar-refractivity contribution is 5.82. The van der Waals surface area contributed by atoms with Gasteiger partial charge in [-0.25, -0.2) is 14.8 Å². The van der Waals surface area contributed by atoms with Crippen molar-refractivity contribution in [1.82, 2.24) is 25.3 Å². The van der Waals surface area contributed by atoms with E-state index in [1.807, 2.05) is 17.0 Å². The standard InChI is InChI=1S/C17H18N6O3/c24-15(14-10-23(6-7-26-14)16-18-4-1-5-19-16)20-9-11-2-3-12-13(8-11)22-17(25)21-12/h1-5,8,14H,6-7,9-10H2,(H,20,24)(H2,21,22,25). The Bertz CT molecular complexity index is 967. The first kappa shape index (κ1) is 16.3. The van der Waals surface area contributed by atoms with Crippen LogP contribution >= 0.6 is 0 Å². The van der Waals surface area contributed by atoms with Gasteiger partial charge in [-0.2, -0.15) is 0 Å². The average Bonchev–Trinajstić information content (AvgIpc) is 3.06. The molecule has 1 aliphatic rings. The van der Waals surface area contributed by atoms with Crippen LogP contribution in [0.2, 0.25) is 0 Å². The number of benzene rings is 1. The number of imidazole rings is 1. The van der Waals surface area contributed by atoms with Crippen LogP contribution < -0.4 is 15.9 Å². The largest absolute Gasteiger partial charge is 0.365 e. The Morgan fingerprint density at radius 2 is 2.08 bits per heavy atom. The van der Waals surface area contributed by atoms with E-state index in [4.69, 9.17) is 4.74 Å². The van der Waals surface area contributed by atoms with Gasteiger partial charge in [0.05, 0.1) is 24.2 Å². The maximum atomic E-state index is 12.4. The number of amides is 1. The van der Waals surface area contributed by atoms with E-state index in [-0.39, 0.29) is 11.6 Å². The number of nitrogens with one attached hydrogen (secondary N) is 3. The summed E-state index contributed by atoms with van der Waals surface area (Å²) in [6, 6.07) is 7.25. The quantitative estimate of drug-likeness (QED) is 0.615. The maximum Gasteiger partial charge on any atom is 0.323 e. The van der Waals surface area contributed by atoms with E-state index in [9.17, 15) is 9.59 Å². The van der Waals surface area contributed by atoms with Crippen molar-refractivity contribution in [2.24, 2.45) is 0 Å². The second-order valence-corrected chi connectivity index (χ2v) is 6.03. The third-order valence-corrected chi connectivity index (χ3v) is 4.24. The summed E-state index contributed by atoms with van der Waals surface area (Å²) in [6.07, 6.45) is 2.77. The Morgan fingerprint density at radius 1 is 1.27 bits per heavy atom. The van der Waals surface area contributed by atoms with Crippen LogP contribution in [0.5, 0.6) is 0 Å². The van der Waals surface area contributed by atoms with Gasteiger partial charge in [0.2, 0.25) is 5.95 Å². The molecule has 4 rings (SSSR count). The topological polar surface area (TPSA) is 116 Å². The molecule has 2 aromatic heterocycles. The SMILES string of the molecule is O=C(NCc1ccc2[nH]c(=O)[nH]c2c1)C1CN(c2ncccn2)CCO1. The Hall–Kier alpha value is -3.20. The van der Waals surface area contributed by atoms with Crippen molar-refractivity contribution < 1.29 is 9.53 Å². The molecule has 1 atom stereocenters. The number of aromatic nitrogens is 4. The normalized spacial score (nSPS) is 17.4. The van der Waals surface area contributed by atoms with Crippen LogP contribution in [-0.2, 0) is 16.1 Å². The molecule has 26 heavy (non-hydrogen) atoms. The van der Waals surface area contributed by atoms with Crippen LogP contribution in [0.1, 0.15) is 5.56 Å². The summed E-state index contributed by atoms with van der Waals surface area (Å²) >= 11 is 0. The smallest absolute Gasteiger partial charge is 0.323 e. The van der Waals surface area contributed by atoms with Crippen molar-refractivity contribution in [2.75, 3.05) is 24.6 Å². The van der Waals surface area contributed by atoms with Gasteiger partial charge in [0, 0.05) is 25.5 Å². The molecule has 0 saturated carbocycles. The van der Waals surface area contributed by atoms with E-state index in [1.54, 1.807) is 24.5 Å². The van der Waals surface area contributed by atoms with Crippen LogP contribution in [0, 0.1) is 0 Å². The van der Waals surface area contributed by atoms with Crippen molar-refractivity contribution in [3.05, 3.63) is 52.7 Å². The molecule has 3 aromatic rings. The fourth-order valence-corrected chi connectivity index (χ4v) is 2.94. The van der Waals surface area contributed by atoms with E-state index in [0.29, 0.717) is 37.7 Å². The number of morpholine rings is 1. The van der Waals surface area contributed by atoms with Gasteiger partial charge in [-0.1, -0.05) is 6.07 Å². The molecule has 0 spiro atoms. The number of hydrogen-bond donors (Lipinski definition) is 3. The van der Waals surface area contributed by atoms with E-state index < -0.39 is 6.10 Å². The zero-order valence-corrected chi connectivity index (χ0v) is 13.9. The van der Waals surface area contributed by atoms with E-state index in [0.717, 1.165) is 11.1 Å². The van der Waals surface area contributed by atoms with Crippen LogP contribution in [-0.4, -0.2) is 51.6 Å². The van der Waals surface area contributed by atoms with Gasteiger partial charge in [0.25, 0.3) is 5.91 Å². The van der Waals surface area contributed by atoms with Crippen molar-refractivity contribution in [3.63, 3.8) is 0 Å². The molecular weight excluding hydrogens is 336 g/mol. The van der Waals surface area contributed by atoms with E-state index in [2.05, 4.69) is 25.3 Å². The molecule has 1 saturated heterocycles. The van der Waals surface area contributed by atoms with Crippen molar-refractivity contribution >= 4 is 22.9 Å². The van der Waals surface area contributed by atoms with Gasteiger partial charge in [-0.15, -0.1) is 0 Å².